The molecule has 0 aliphatic rings. The number of esters is 1. The van der Waals surface area contributed by atoms with Crippen LogP contribution in [0.4, 0.5) is 0 Å². The van der Waals surface area contributed by atoms with E-state index >= 15 is 0 Å². The Balaban J connectivity index is 3.27. The number of carbonyl (C=O) groups is 2. The fourth-order valence-corrected chi connectivity index (χ4v) is 0.931. The Bertz CT molecular complexity index is 186. The smallest absolute Gasteiger partial charge is 0.307 e. The molecule has 0 spiro atoms. The zero-order valence-electron chi connectivity index (χ0n) is 8.37. The molecule has 5 nitrogen and oxygen atoms in total. The summed E-state index contributed by atoms with van der Waals surface area (Å²) >= 11 is 1.52. The van der Waals surface area contributed by atoms with Gasteiger partial charge < -0.3 is 14.8 Å². The first-order valence-electron chi connectivity index (χ1n) is 4.11. The third-order valence-corrected chi connectivity index (χ3v) is 1.76. The van der Waals surface area contributed by atoms with E-state index in [1.165, 1.54) is 18.9 Å². The monoisotopic (exact) mass is 221 g/mol. The molecule has 0 rings (SSSR count). The van der Waals surface area contributed by atoms with Crippen molar-refractivity contribution in [1.29, 1.82) is 0 Å². The molecule has 0 saturated heterocycles. The van der Waals surface area contributed by atoms with Crippen molar-refractivity contribution in [2.45, 2.75) is 6.42 Å². The van der Waals surface area contributed by atoms with E-state index in [1.54, 1.807) is 0 Å². The summed E-state index contributed by atoms with van der Waals surface area (Å²) in [6, 6.07) is 0. The second-order valence-electron chi connectivity index (χ2n) is 2.41. The number of rotatable bonds is 7. The molecule has 1 amide bonds. The molecule has 14 heavy (non-hydrogen) atoms. The molecular weight excluding hydrogens is 206 g/mol. The van der Waals surface area contributed by atoms with Crippen molar-refractivity contribution in [3.63, 3.8) is 0 Å². The third-order valence-electron chi connectivity index (χ3n) is 1.33. The Morgan fingerprint density at radius 3 is 2.71 bits per heavy atom. The molecular formula is C8H15NO4S. The predicted octanol–water partition coefficient (Wildman–Crippen LogP) is 0.00280. The molecule has 0 radical (unpaired) electrons. The lowest BCUT2D eigenvalue weighted by Crippen LogP contribution is -2.27. The average Bonchev–Trinajstić information content (AvgIpc) is 2.21. The fraction of sp³-hybridized carbons (Fsp3) is 0.750. The highest BCUT2D eigenvalue weighted by molar-refractivity contribution is 7.98. The van der Waals surface area contributed by atoms with Crippen LogP contribution in [-0.4, -0.2) is 44.3 Å². The first kappa shape index (κ1) is 13.2. The molecule has 0 aliphatic heterocycles. The zero-order valence-corrected chi connectivity index (χ0v) is 9.19. The molecule has 0 aromatic rings. The van der Waals surface area contributed by atoms with Gasteiger partial charge in [0.05, 0.1) is 26.0 Å². The number of hydrogen-bond donors (Lipinski definition) is 1. The normalized spacial score (nSPS) is 9.57. The minimum absolute atomic E-state index is 0.0163. The second kappa shape index (κ2) is 8.83. The lowest BCUT2D eigenvalue weighted by Gasteiger charge is -2.04. The van der Waals surface area contributed by atoms with Gasteiger partial charge in [-0.1, -0.05) is 0 Å². The minimum Gasteiger partial charge on any atom is -0.469 e. The third kappa shape index (κ3) is 7.88. The van der Waals surface area contributed by atoms with Crippen LogP contribution in [-0.2, 0) is 19.1 Å². The van der Waals surface area contributed by atoms with Crippen LogP contribution in [0.3, 0.4) is 0 Å². The minimum atomic E-state index is -0.338. The Kier molecular flexibility index (Phi) is 8.36. The molecule has 0 bridgehead atoms. The van der Waals surface area contributed by atoms with Gasteiger partial charge in [-0.15, -0.1) is 11.8 Å². The van der Waals surface area contributed by atoms with Crippen molar-refractivity contribution in [2.24, 2.45) is 0 Å². The predicted molar refractivity (Wildman–Crippen MR) is 54.0 cm³/mol. The van der Waals surface area contributed by atoms with Crippen molar-refractivity contribution in [2.75, 3.05) is 32.5 Å². The summed E-state index contributed by atoms with van der Waals surface area (Å²) in [6.07, 6.45) is 2.06. The molecule has 0 atom stereocenters. The molecule has 6 heteroatoms. The van der Waals surface area contributed by atoms with Crippen LogP contribution >= 0.6 is 11.8 Å². The molecule has 0 fully saturated rings. The number of carbonyl (C=O) groups excluding carboxylic acids is 2. The summed E-state index contributed by atoms with van der Waals surface area (Å²) < 4.78 is 9.34. The van der Waals surface area contributed by atoms with E-state index in [4.69, 9.17) is 4.74 Å². The van der Waals surface area contributed by atoms with Crippen molar-refractivity contribution in [1.82, 2.24) is 5.32 Å². The number of amides is 1. The van der Waals surface area contributed by atoms with E-state index in [2.05, 4.69) is 10.1 Å². The van der Waals surface area contributed by atoms with Crippen molar-refractivity contribution >= 4 is 23.6 Å². The summed E-state index contributed by atoms with van der Waals surface area (Å²) in [5.74, 6) is 0.0536. The van der Waals surface area contributed by atoms with Crippen LogP contribution in [0.5, 0.6) is 0 Å². The number of methoxy groups -OCH3 is 1. The largest absolute Gasteiger partial charge is 0.469 e. The summed E-state index contributed by atoms with van der Waals surface area (Å²) in [7, 11) is 1.31. The van der Waals surface area contributed by atoms with E-state index in [0.717, 1.165) is 0 Å². The first-order valence-corrected chi connectivity index (χ1v) is 5.50. The van der Waals surface area contributed by atoms with Crippen LogP contribution in [0.15, 0.2) is 0 Å². The average molecular weight is 221 g/mol. The van der Waals surface area contributed by atoms with Gasteiger partial charge in [0.15, 0.2) is 0 Å². The van der Waals surface area contributed by atoms with Gasteiger partial charge in [-0.3, -0.25) is 9.59 Å². The quantitative estimate of drug-likeness (QED) is 0.372. The Labute approximate surface area is 87.5 Å². The highest BCUT2D eigenvalue weighted by atomic mass is 32.2. The topological polar surface area (TPSA) is 64.6 Å². The van der Waals surface area contributed by atoms with Gasteiger partial charge in [0.25, 0.3) is 0 Å². The molecule has 1 N–H and O–H groups in total. The lowest BCUT2D eigenvalue weighted by molar-refractivity contribution is -0.142. The van der Waals surface area contributed by atoms with Gasteiger partial charge in [-0.2, -0.15) is 0 Å². The fourth-order valence-electron chi connectivity index (χ4n) is 0.626. The van der Waals surface area contributed by atoms with Crippen LogP contribution in [0.2, 0.25) is 0 Å². The zero-order chi connectivity index (χ0) is 10.8. The lowest BCUT2D eigenvalue weighted by atomic mass is 10.5. The summed E-state index contributed by atoms with van der Waals surface area (Å²) in [6.45, 7) is 0.191. The molecule has 0 aromatic carbocycles. The first-order chi connectivity index (χ1) is 6.70. The van der Waals surface area contributed by atoms with Crippen LogP contribution in [0.1, 0.15) is 6.42 Å². The number of thioether (sulfide) groups is 1. The van der Waals surface area contributed by atoms with Crippen molar-refractivity contribution in [3.05, 3.63) is 0 Å². The standard InChI is InChI=1S/C8H15NO4S/c1-12-8(11)3-4-13-5-7(10)9-6-14-2/h3-6H2,1-2H3,(H,9,10). The Hall–Kier alpha value is -0.750. The van der Waals surface area contributed by atoms with E-state index < -0.39 is 0 Å². The Morgan fingerprint density at radius 1 is 1.43 bits per heavy atom. The van der Waals surface area contributed by atoms with Crippen molar-refractivity contribution < 1.29 is 19.1 Å². The maximum Gasteiger partial charge on any atom is 0.307 e. The summed E-state index contributed by atoms with van der Waals surface area (Å²) in [5, 5.41) is 2.62. The summed E-state index contributed by atoms with van der Waals surface area (Å²) in [5.41, 5.74) is 0. The van der Waals surface area contributed by atoms with Crippen LogP contribution < -0.4 is 5.32 Å². The highest BCUT2D eigenvalue weighted by Gasteiger charge is 2.02. The van der Waals surface area contributed by atoms with Gasteiger partial charge in [0, 0.05) is 0 Å². The van der Waals surface area contributed by atoms with Gasteiger partial charge in [0.1, 0.15) is 6.61 Å². The number of hydrogen-bond acceptors (Lipinski definition) is 5. The Morgan fingerprint density at radius 2 is 2.14 bits per heavy atom. The number of nitrogens with one attached hydrogen (secondary N) is 1. The molecule has 0 saturated carbocycles. The molecule has 0 heterocycles. The molecule has 82 valence electrons. The highest BCUT2D eigenvalue weighted by Crippen LogP contribution is 1.88. The molecule has 0 aromatic heterocycles. The number of ether oxygens (including phenoxy) is 2. The van der Waals surface area contributed by atoms with E-state index in [0.29, 0.717) is 5.88 Å². The van der Waals surface area contributed by atoms with Gasteiger partial charge in [-0.25, -0.2) is 0 Å². The van der Waals surface area contributed by atoms with Gasteiger partial charge in [-0.05, 0) is 6.26 Å². The van der Waals surface area contributed by atoms with Gasteiger partial charge in [0.2, 0.25) is 5.91 Å². The second-order valence-corrected chi connectivity index (χ2v) is 3.28. The van der Waals surface area contributed by atoms with E-state index in [-0.39, 0.29) is 31.5 Å². The van der Waals surface area contributed by atoms with E-state index in [9.17, 15) is 9.59 Å². The molecule has 0 unspecified atom stereocenters. The maximum absolute atomic E-state index is 11.0. The van der Waals surface area contributed by atoms with Crippen LogP contribution in [0, 0.1) is 0 Å². The maximum atomic E-state index is 11.0. The summed E-state index contributed by atoms with van der Waals surface area (Å²) in [4.78, 5) is 21.6. The van der Waals surface area contributed by atoms with Crippen molar-refractivity contribution in [3.8, 4) is 0 Å². The SMILES string of the molecule is COC(=O)CCOCC(=O)NCSC. The van der Waals surface area contributed by atoms with Crippen LogP contribution in [0.25, 0.3) is 0 Å². The molecule has 0 aliphatic carbocycles. The van der Waals surface area contributed by atoms with Gasteiger partial charge >= 0.3 is 5.97 Å². The van der Waals surface area contributed by atoms with E-state index in [1.807, 2.05) is 6.26 Å².